The molecule has 0 amide bonds. The number of benzene rings is 1. The first-order valence-corrected chi connectivity index (χ1v) is 5.55. The van der Waals surface area contributed by atoms with E-state index in [9.17, 15) is 8.42 Å². The molecule has 0 bridgehead atoms. The zero-order valence-electron chi connectivity index (χ0n) is 8.02. The zero-order valence-corrected chi connectivity index (χ0v) is 8.84. The molecule has 0 saturated heterocycles. The minimum Gasteiger partial charge on any atom is -0.362 e. The minimum atomic E-state index is -4.42. The van der Waals surface area contributed by atoms with E-state index in [1.54, 1.807) is 6.07 Å². The van der Waals surface area contributed by atoms with Crippen molar-refractivity contribution in [2.45, 2.75) is 20.3 Å². The molecule has 4 nitrogen and oxygen atoms in total. The molecule has 0 unspecified atom stereocenters. The lowest BCUT2D eigenvalue weighted by atomic mass is 10.1. The Hall–Kier alpha value is -1.07. The largest absolute Gasteiger partial charge is 0.446 e. The van der Waals surface area contributed by atoms with Crippen molar-refractivity contribution in [3.8, 4) is 5.75 Å². The van der Waals surface area contributed by atoms with E-state index in [1.807, 2.05) is 19.9 Å². The molecule has 1 N–H and O–H groups in total. The normalized spacial score (nSPS) is 11.4. The molecule has 0 aliphatic heterocycles. The third-order valence-corrected chi connectivity index (χ3v) is 2.18. The maximum Gasteiger partial charge on any atom is 0.446 e. The third kappa shape index (κ3) is 3.01. The minimum absolute atomic E-state index is 0.181. The number of rotatable bonds is 3. The second kappa shape index (κ2) is 3.98. The van der Waals surface area contributed by atoms with E-state index in [0.29, 0.717) is 6.42 Å². The zero-order chi connectivity index (χ0) is 10.8. The maximum atomic E-state index is 10.5. The predicted octanol–water partition coefficient (Wildman–Crippen LogP) is 1.74. The SMILES string of the molecule is CCc1cc(C)ccc1OS(=O)(=O)O. The fourth-order valence-electron chi connectivity index (χ4n) is 1.18. The molecular weight excluding hydrogens is 204 g/mol. The van der Waals surface area contributed by atoms with Crippen molar-refractivity contribution in [2.75, 3.05) is 0 Å². The van der Waals surface area contributed by atoms with Crippen molar-refractivity contribution in [1.29, 1.82) is 0 Å². The van der Waals surface area contributed by atoms with Gasteiger partial charge in [0.25, 0.3) is 0 Å². The first-order chi connectivity index (χ1) is 6.42. The van der Waals surface area contributed by atoms with Gasteiger partial charge in [-0.05, 0) is 25.0 Å². The van der Waals surface area contributed by atoms with Crippen molar-refractivity contribution in [3.63, 3.8) is 0 Å². The van der Waals surface area contributed by atoms with E-state index in [0.717, 1.165) is 11.1 Å². The highest BCUT2D eigenvalue weighted by Crippen LogP contribution is 2.21. The van der Waals surface area contributed by atoms with Crippen molar-refractivity contribution in [1.82, 2.24) is 0 Å². The molecule has 0 atom stereocenters. The molecule has 0 fully saturated rings. The van der Waals surface area contributed by atoms with Crippen LogP contribution in [-0.4, -0.2) is 13.0 Å². The quantitative estimate of drug-likeness (QED) is 0.782. The van der Waals surface area contributed by atoms with Crippen molar-refractivity contribution < 1.29 is 17.2 Å². The summed E-state index contributed by atoms with van der Waals surface area (Å²) in [5.74, 6) is 0.181. The van der Waals surface area contributed by atoms with Crippen molar-refractivity contribution in [2.24, 2.45) is 0 Å². The van der Waals surface area contributed by atoms with E-state index in [2.05, 4.69) is 4.18 Å². The van der Waals surface area contributed by atoms with Crippen LogP contribution in [0, 0.1) is 6.92 Å². The average molecular weight is 216 g/mol. The monoisotopic (exact) mass is 216 g/mol. The molecule has 0 aliphatic carbocycles. The molecule has 0 saturated carbocycles. The molecule has 0 radical (unpaired) electrons. The van der Waals surface area contributed by atoms with Gasteiger partial charge in [0, 0.05) is 0 Å². The fourth-order valence-corrected chi connectivity index (χ4v) is 1.57. The van der Waals surface area contributed by atoms with E-state index in [-0.39, 0.29) is 5.75 Å². The van der Waals surface area contributed by atoms with Crippen LogP contribution in [0.25, 0.3) is 0 Å². The van der Waals surface area contributed by atoms with Gasteiger partial charge in [0.2, 0.25) is 0 Å². The maximum absolute atomic E-state index is 10.5. The summed E-state index contributed by atoms with van der Waals surface area (Å²) in [4.78, 5) is 0. The highest BCUT2D eigenvalue weighted by atomic mass is 32.3. The first-order valence-electron chi connectivity index (χ1n) is 4.19. The van der Waals surface area contributed by atoms with E-state index in [1.165, 1.54) is 6.07 Å². The Morgan fingerprint density at radius 1 is 1.43 bits per heavy atom. The lowest BCUT2D eigenvalue weighted by Gasteiger charge is -2.07. The van der Waals surface area contributed by atoms with Gasteiger partial charge < -0.3 is 4.18 Å². The van der Waals surface area contributed by atoms with Gasteiger partial charge in [-0.25, -0.2) is 0 Å². The van der Waals surface area contributed by atoms with Crippen LogP contribution in [0.2, 0.25) is 0 Å². The van der Waals surface area contributed by atoms with Gasteiger partial charge in [0.1, 0.15) is 5.75 Å². The topological polar surface area (TPSA) is 63.6 Å². The molecule has 1 aromatic rings. The molecule has 78 valence electrons. The Morgan fingerprint density at radius 2 is 2.07 bits per heavy atom. The predicted molar refractivity (Wildman–Crippen MR) is 52.7 cm³/mol. The third-order valence-electron chi connectivity index (χ3n) is 1.79. The molecular formula is C9H12O4S. The van der Waals surface area contributed by atoms with Crippen LogP contribution in [0.4, 0.5) is 0 Å². The summed E-state index contributed by atoms with van der Waals surface area (Å²) in [5.41, 5.74) is 1.77. The van der Waals surface area contributed by atoms with Gasteiger partial charge in [-0.1, -0.05) is 24.6 Å². The second-order valence-corrected chi connectivity index (χ2v) is 4.00. The smallest absolute Gasteiger partial charge is 0.362 e. The van der Waals surface area contributed by atoms with E-state index < -0.39 is 10.4 Å². The Balaban J connectivity index is 3.09. The first kappa shape index (κ1) is 11.0. The van der Waals surface area contributed by atoms with Crippen molar-refractivity contribution >= 4 is 10.4 Å². The van der Waals surface area contributed by atoms with E-state index >= 15 is 0 Å². The fraction of sp³-hybridized carbons (Fsp3) is 0.333. The standard InChI is InChI=1S/C9H12O4S/c1-3-8-6-7(2)4-5-9(8)13-14(10,11)12/h4-6H,3H2,1-2H3,(H,10,11,12). The summed E-state index contributed by atoms with van der Waals surface area (Å²) in [7, 11) is -4.42. The number of hydrogen-bond donors (Lipinski definition) is 1. The number of hydrogen-bond acceptors (Lipinski definition) is 3. The average Bonchev–Trinajstić information content (AvgIpc) is 2.06. The van der Waals surface area contributed by atoms with E-state index in [4.69, 9.17) is 4.55 Å². The van der Waals surface area contributed by atoms with Crippen LogP contribution in [0.15, 0.2) is 18.2 Å². The summed E-state index contributed by atoms with van der Waals surface area (Å²) < 4.78 is 33.9. The molecule has 1 rings (SSSR count). The lowest BCUT2D eigenvalue weighted by molar-refractivity contribution is 0.385. The van der Waals surface area contributed by atoms with Crippen molar-refractivity contribution in [3.05, 3.63) is 29.3 Å². The Kier molecular flexibility index (Phi) is 3.13. The van der Waals surface area contributed by atoms with Gasteiger partial charge in [-0.3, -0.25) is 4.55 Å². The molecule has 0 aliphatic rings. The Morgan fingerprint density at radius 3 is 2.57 bits per heavy atom. The Labute approximate surface area is 83.5 Å². The van der Waals surface area contributed by atoms with Crippen LogP contribution < -0.4 is 4.18 Å². The van der Waals surface area contributed by atoms with Gasteiger partial charge in [-0.2, -0.15) is 8.42 Å². The molecule has 0 heterocycles. The summed E-state index contributed by atoms with van der Waals surface area (Å²) in [5, 5.41) is 0. The van der Waals surface area contributed by atoms with Crippen LogP contribution >= 0.6 is 0 Å². The summed E-state index contributed by atoms with van der Waals surface area (Å²) in [6, 6.07) is 5.07. The summed E-state index contributed by atoms with van der Waals surface area (Å²) >= 11 is 0. The van der Waals surface area contributed by atoms with Gasteiger partial charge >= 0.3 is 10.4 Å². The molecule has 14 heavy (non-hydrogen) atoms. The van der Waals surface area contributed by atoms with Crippen LogP contribution in [0.1, 0.15) is 18.1 Å². The Bertz CT molecular complexity index is 422. The summed E-state index contributed by atoms with van der Waals surface area (Å²) in [6.45, 7) is 3.78. The number of aryl methyl sites for hydroxylation is 2. The molecule has 0 aromatic heterocycles. The highest BCUT2D eigenvalue weighted by Gasteiger charge is 2.10. The molecule has 1 aromatic carbocycles. The van der Waals surface area contributed by atoms with Gasteiger partial charge in [0.15, 0.2) is 0 Å². The van der Waals surface area contributed by atoms with Gasteiger partial charge in [-0.15, -0.1) is 0 Å². The molecule has 5 heteroatoms. The van der Waals surface area contributed by atoms with Crippen LogP contribution in [0.3, 0.4) is 0 Å². The molecule has 0 spiro atoms. The lowest BCUT2D eigenvalue weighted by Crippen LogP contribution is -2.08. The highest BCUT2D eigenvalue weighted by molar-refractivity contribution is 7.81. The van der Waals surface area contributed by atoms with Gasteiger partial charge in [0.05, 0.1) is 0 Å². The van der Waals surface area contributed by atoms with Crippen LogP contribution in [-0.2, 0) is 16.8 Å². The second-order valence-electron chi connectivity index (χ2n) is 2.98. The summed E-state index contributed by atoms with van der Waals surface area (Å²) in [6.07, 6.45) is 0.645. The van der Waals surface area contributed by atoms with Crippen LogP contribution in [0.5, 0.6) is 5.75 Å².